The molecular formula is C27H32N6O3. The van der Waals surface area contributed by atoms with Gasteiger partial charge in [-0.25, -0.2) is 4.68 Å². The molecule has 0 spiro atoms. The summed E-state index contributed by atoms with van der Waals surface area (Å²) in [4.78, 5) is 30.2. The minimum Gasteiger partial charge on any atom is -0.466 e. The second kappa shape index (κ2) is 11.0. The van der Waals surface area contributed by atoms with E-state index in [1.165, 1.54) is 6.33 Å². The fourth-order valence-electron chi connectivity index (χ4n) is 5.35. The Morgan fingerprint density at radius 2 is 1.81 bits per heavy atom. The normalized spacial score (nSPS) is 19.2. The molecule has 1 amide bonds. The standard InChI is InChI=1S/C27H32N6O3/c1-2-36-27(35)21-9-6-12-32(18-21)24-10-13-31(14-11-24)26(34)23-15-22(20-7-4-3-5-8-20)16-25(17-23)33-19-28-29-30-33/h3-5,7-8,15-17,19,21,24H,2,6,9-14,18H2,1H3. The zero-order valence-corrected chi connectivity index (χ0v) is 20.6. The van der Waals surface area contributed by atoms with Gasteiger partial charge in [0.1, 0.15) is 6.33 Å². The second-order valence-electron chi connectivity index (χ2n) is 9.50. The quantitative estimate of drug-likeness (QED) is 0.492. The largest absolute Gasteiger partial charge is 0.466 e. The van der Waals surface area contributed by atoms with Gasteiger partial charge in [-0.3, -0.25) is 14.5 Å². The van der Waals surface area contributed by atoms with Crippen LogP contribution < -0.4 is 0 Å². The van der Waals surface area contributed by atoms with Crippen LogP contribution in [0.15, 0.2) is 54.9 Å². The Hall–Kier alpha value is -3.59. The van der Waals surface area contributed by atoms with Gasteiger partial charge in [0.2, 0.25) is 0 Å². The maximum Gasteiger partial charge on any atom is 0.310 e. The van der Waals surface area contributed by atoms with E-state index in [0.717, 1.165) is 55.6 Å². The summed E-state index contributed by atoms with van der Waals surface area (Å²) in [6.45, 7) is 5.43. The molecule has 2 aromatic carbocycles. The molecule has 3 heterocycles. The number of carbonyl (C=O) groups excluding carboxylic acids is 2. The van der Waals surface area contributed by atoms with Crippen LogP contribution in [0.5, 0.6) is 0 Å². The van der Waals surface area contributed by atoms with E-state index in [4.69, 9.17) is 4.74 Å². The van der Waals surface area contributed by atoms with Crippen molar-refractivity contribution in [3.05, 3.63) is 60.4 Å². The van der Waals surface area contributed by atoms with E-state index in [-0.39, 0.29) is 17.8 Å². The first-order valence-corrected chi connectivity index (χ1v) is 12.8. The molecule has 2 aliphatic rings. The van der Waals surface area contributed by atoms with Gasteiger partial charge in [-0.1, -0.05) is 30.3 Å². The Labute approximate surface area is 211 Å². The molecule has 2 aliphatic heterocycles. The highest BCUT2D eigenvalue weighted by Gasteiger charge is 2.33. The van der Waals surface area contributed by atoms with Gasteiger partial charge in [0.15, 0.2) is 0 Å². The molecule has 0 radical (unpaired) electrons. The molecular weight excluding hydrogens is 456 g/mol. The number of esters is 1. The molecule has 2 saturated heterocycles. The maximum atomic E-state index is 13.6. The summed E-state index contributed by atoms with van der Waals surface area (Å²) in [7, 11) is 0. The third kappa shape index (κ3) is 5.31. The van der Waals surface area contributed by atoms with Crippen LogP contribution in [-0.4, -0.2) is 80.7 Å². The minimum atomic E-state index is -0.0773. The van der Waals surface area contributed by atoms with E-state index in [0.29, 0.717) is 31.3 Å². The zero-order chi connectivity index (χ0) is 24.9. The lowest BCUT2D eigenvalue weighted by Gasteiger charge is -2.41. The van der Waals surface area contributed by atoms with Crippen LogP contribution >= 0.6 is 0 Å². The van der Waals surface area contributed by atoms with Gasteiger partial charge in [-0.15, -0.1) is 5.10 Å². The Morgan fingerprint density at radius 3 is 2.53 bits per heavy atom. The first-order chi connectivity index (χ1) is 17.6. The van der Waals surface area contributed by atoms with Crippen molar-refractivity contribution in [3.63, 3.8) is 0 Å². The molecule has 188 valence electrons. The Bertz CT molecular complexity index is 1180. The van der Waals surface area contributed by atoms with Gasteiger partial charge < -0.3 is 9.64 Å². The smallest absolute Gasteiger partial charge is 0.310 e. The molecule has 3 aromatic rings. The van der Waals surface area contributed by atoms with Gasteiger partial charge in [0, 0.05) is 31.2 Å². The van der Waals surface area contributed by atoms with E-state index in [9.17, 15) is 9.59 Å². The fraction of sp³-hybridized carbons (Fsp3) is 0.444. The van der Waals surface area contributed by atoms with Crippen molar-refractivity contribution in [2.45, 2.75) is 38.6 Å². The Balaban J connectivity index is 1.29. The molecule has 0 N–H and O–H groups in total. The molecule has 9 heteroatoms. The average Bonchev–Trinajstić information content (AvgIpc) is 3.49. The lowest BCUT2D eigenvalue weighted by Crippen LogP contribution is -2.50. The zero-order valence-electron chi connectivity index (χ0n) is 20.6. The predicted octanol–water partition coefficient (Wildman–Crippen LogP) is 3.21. The number of aromatic nitrogens is 4. The lowest BCUT2D eigenvalue weighted by molar-refractivity contribution is -0.150. The SMILES string of the molecule is CCOC(=O)C1CCCN(C2CCN(C(=O)c3cc(-c4ccccc4)cc(-n4cnnn4)c3)CC2)C1. The van der Waals surface area contributed by atoms with E-state index >= 15 is 0 Å². The monoisotopic (exact) mass is 488 g/mol. The summed E-state index contributed by atoms with van der Waals surface area (Å²) in [5, 5.41) is 11.5. The maximum absolute atomic E-state index is 13.6. The number of rotatable bonds is 6. The van der Waals surface area contributed by atoms with Crippen LogP contribution in [-0.2, 0) is 9.53 Å². The minimum absolute atomic E-state index is 0.0172. The molecule has 0 bridgehead atoms. The van der Waals surface area contributed by atoms with Crippen molar-refractivity contribution in [2.75, 3.05) is 32.8 Å². The van der Waals surface area contributed by atoms with Gasteiger partial charge in [0.25, 0.3) is 5.91 Å². The van der Waals surface area contributed by atoms with Crippen LogP contribution in [0.1, 0.15) is 43.0 Å². The average molecular weight is 489 g/mol. The van der Waals surface area contributed by atoms with Crippen LogP contribution in [0.2, 0.25) is 0 Å². The number of hydrogen-bond acceptors (Lipinski definition) is 7. The van der Waals surface area contributed by atoms with Crippen molar-refractivity contribution < 1.29 is 14.3 Å². The number of likely N-dealkylation sites (tertiary alicyclic amines) is 2. The summed E-state index contributed by atoms with van der Waals surface area (Å²) in [5.41, 5.74) is 3.35. The van der Waals surface area contributed by atoms with E-state index < -0.39 is 0 Å². The highest BCUT2D eigenvalue weighted by Crippen LogP contribution is 2.28. The topological polar surface area (TPSA) is 93.5 Å². The number of amides is 1. The van der Waals surface area contributed by atoms with E-state index in [1.54, 1.807) is 4.68 Å². The summed E-state index contributed by atoms with van der Waals surface area (Å²) in [6.07, 6.45) is 5.24. The molecule has 1 atom stereocenters. The van der Waals surface area contributed by atoms with Crippen molar-refractivity contribution in [2.24, 2.45) is 5.92 Å². The molecule has 9 nitrogen and oxygen atoms in total. The molecule has 36 heavy (non-hydrogen) atoms. The number of benzene rings is 2. The fourth-order valence-corrected chi connectivity index (χ4v) is 5.35. The molecule has 1 aromatic heterocycles. The predicted molar refractivity (Wildman–Crippen MR) is 134 cm³/mol. The number of carbonyl (C=O) groups is 2. The third-order valence-corrected chi connectivity index (χ3v) is 7.23. The number of nitrogens with zero attached hydrogens (tertiary/aromatic N) is 6. The number of ether oxygens (including phenoxy) is 1. The van der Waals surface area contributed by atoms with Gasteiger partial charge in [0.05, 0.1) is 18.2 Å². The summed E-state index contributed by atoms with van der Waals surface area (Å²) in [5.74, 6) is -0.0983. The lowest BCUT2D eigenvalue weighted by atomic mass is 9.93. The number of hydrogen-bond donors (Lipinski definition) is 0. The van der Waals surface area contributed by atoms with Crippen LogP contribution in [0.25, 0.3) is 16.8 Å². The van der Waals surface area contributed by atoms with Crippen molar-refractivity contribution in [3.8, 4) is 16.8 Å². The van der Waals surface area contributed by atoms with Crippen LogP contribution in [0.3, 0.4) is 0 Å². The number of piperidine rings is 2. The number of tetrazole rings is 1. The van der Waals surface area contributed by atoms with Gasteiger partial charge >= 0.3 is 5.97 Å². The highest BCUT2D eigenvalue weighted by atomic mass is 16.5. The Morgan fingerprint density at radius 1 is 1.00 bits per heavy atom. The van der Waals surface area contributed by atoms with Gasteiger partial charge in [-0.05, 0) is 78.9 Å². The molecule has 0 saturated carbocycles. The van der Waals surface area contributed by atoms with E-state index in [1.807, 2.05) is 60.4 Å². The first-order valence-electron chi connectivity index (χ1n) is 12.8. The summed E-state index contributed by atoms with van der Waals surface area (Å²) >= 11 is 0. The molecule has 1 unspecified atom stereocenters. The Kier molecular flexibility index (Phi) is 7.36. The molecule has 2 fully saturated rings. The van der Waals surface area contributed by atoms with Crippen molar-refractivity contribution in [1.29, 1.82) is 0 Å². The van der Waals surface area contributed by atoms with Crippen LogP contribution in [0.4, 0.5) is 0 Å². The molecule has 5 rings (SSSR count). The van der Waals surface area contributed by atoms with Crippen LogP contribution in [0, 0.1) is 5.92 Å². The van der Waals surface area contributed by atoms with Gasteiger partial charge in [-0.2, -0.15) is 0 Å². The van der Waals surface area contributed by atoms with Crippen molar-refractivity contribution >= 4 is 11.9 Å². The highest BCUT2D eigenvalue weighted by molar-refractivity contribution is 5.96. The summed E-state index contributed by atoms with van der Waals surface area (Å²) < 4.78 is 6.84. The summed E-state index contributed by atoms with van der Waals surface area (Å²) in [6, 6.07) is 16.2. The van der Waals surface area contributed by atoms with E-state index in [2.05, 4.69) is 20.4 Å². The first kappa shape index (κ1) is 24.1. The molecule has 0 aliphatic carbocycles. The second-order valence-corrected chi connectivity index (χ2v) is 9.50. The van der Waals surface area contributed by atoms with Crippen molar-refractivity contribution in [1.82, 2.24) is 30.0 Å². The third-order valence-electron chi connectivity index (χ3n) is 7.23.